The summed E-state index contributed by atoms with van der Waals surface area (Å²) in [5.41, 5.74) is 5.37. The molecule has 2 unspecified atom stereocenters. The van der Waals surface area contributed by atoms with Crippen LogP contribution in [0.1, 0.15) is 12.8 Å². The van der Waals surface area contributed by atoms with Crippen LogP contribution in [0, 0.1) is 0 Å². The molecule has 2 aliphatic carbocycles. The van der Waals surface area contributed by atoms with E-state index in [-0.39, 0.29) is 0 Å². The van der Waals surface area contributed by atoms with Crippen LogP contribution in [0.2, 0.25) is 0 Å². The van der Waals surface area contributed by atoms with Gasteiger partial charge in [-0.15, -0.1) is 0 Å². The van der Waals surface area contributed by atoms with Gasteiger partial charge in [-0.05, 0) is 0 Å². The maximum atomic E-state index is 3.71. The van der Waals surface area contributed by atoms with Crippen LogP contribution in [0.15, 0.2) is 96.4 Å². The first-order valence-electron chi connectivity index (χ1n) is 9.85. The van der Waals surface area contributed by atoms with Gasteiger partial charge in [0.05, 0.1) is 0 Å². The van der Waals surface area contributed by atoms with E-state index in [2.05, 4.69) is 104 Å². The average Bonchev–Trinajstić information content (AvgIpc) is 2.78. The standard InChI is InChI=1S/C24H20As2N2S/c1-5-13-21-17(9-1)25(18-10-2-6-14-22(18)27-21)29-26-19-11-3-7-15-23(19)28-24-16-8-4-12-20(24)26/h1-9,11,13-16,27-28H,10,12H2. The van der Waals surface area contributed by atoms with E-state index < -0.39 is 26.1 Å². The first-order chi connectivity index (χ1) is 14.4. The Morgan fingerprint density at radius 2 is 1.14 bits per heavy atom. The molecule has 0 fully saturated rings. The Kier molecular flexibility index (Phi) is 4.64. The molecule has 0 aromatic heterocycles. The van der Waals surface area contributed by atoms with Crippen molar-refractivity contribution in [1.29, 1.82) is 0 Å². The second kappa shape index (κ2) is 7.47. The number of benzene rings is 2. The molecule has 142 valence electrons. The van der Waals surface area contributed by atoms with Crippen LogP contribution in [-0.4, -0.2) is 34.7 Å². The first-order valence-corrected chi connectivity index (χ1v) is 18.9. The molecule has 2 N–H and O–H groups in total. The minimum absolute atomic E-state index is 1.10. The molecule has 29 heavy (non-hydrogen) atoms. The summed E-state index contributed by atoms with van der Waals surface area (Å²) in [5.74, 6) is 0. The zero-order valence-electron chi connectivity index (χ0n) is 15.8. The fourth-order valence-corrected chi connectivity index (χ4v) is 35.2. The van der Waals surface area contributed by atoms with Gasteiger partial charge in [-0.1, -0.05) is 0 Å². The molecule has 2 radical (unpaired) electrons. The third-order valence-corrected chi connectivity index (χ3v) is 30.2. The molecule has 4 aliphatic rings. The number of para-hydroxylation sites is 2. The summed E-state index contributed by atoms with van der Waals surface area (Å²) in [5, 5.41) is 7.42. The fraction of sp³-hybridized carbons (Fsp3) is 0.0833. The van der Waals surface area contributed by atoms with Crippen molar-refractivity contribution >= 4 is 63.1 Å². The van der Waals surface area contributed by atoms with Crippen LogP contribution in [0.5, 0.6) is 0 Å². The number of fused-ring (bicyclic) bond motifs is 4. The summed E-state index contributed by atoms with van der Waals surface area (Å²) in [4.78, 5) is 0. The van der Waals surface area contributed by atoms with Crippen LogP contribution in [0.25, 0.3) is 0 Å². The summed E-state index contributed by atoms with van der Waals surface area (Å²) in [6.45, 7) is 0. The van der Waals surface area contributed by atoms with E-state index >= 15 is 0 Å². The molecule has 2 nitrogen and oxygen atoms in total. The van der Waals surface area contributed by atoms with Crippen molar-refractivity contribution in [2.24, 2.45) is 0 Å². The molecule has 2 aromatic carbocycles. The third-order valence-electron chi connectivity index (χ3n) is 5.48. The summed E-state index contributed by atoms with van der Waals surface area (Å²) in [7, 11) is 2.39. The monoisotopic (exact) mass is 518 g/mol. The molecular formula is C24H20As2N2S. The van der Waals surface area contributed by atoms with Crippen LogP contribution in [0.3, 0.4) is 0 Å². The zero-order chi connectivity index (χ0) is 19.2. The van der Waals surface area contributed by atoms with E-state index in [4.69, 9.17) is 0 Å². The van der Waals surface area contributed by atoms with Crippen LogP contribution in [0.4, 0.5) is 11.4 Å². The predicted molar refractivity (Wildman–Crippen MR) is 132 cm³/mol. The Morgan fingerprint density at radius 3 is 1.66 bits per heavy atom. The summed E-state index contributed by atoms with van der Waals surface area (Å²) >= 11 is -2.87. The number of allylic oxidation sites excluding steroid dienone is 8. The molecule has 0 amide bonds. The molecule has 0 spiro atoms. The van der Waals surface area contributed by atoms with Gasteiger partial charge in [-0.3, -0.25) is 0 Å². The predicted octanol–water partition coefficient (Wildman–Crippen LogP) is 3.56. The third kappa shape index (κ3) is 3.12. The van der Waals surface area contributed by atoms with Gasteiger partial charge in [-0.25, -0.2) is 0 Å². The van der Waals surface area contributed by atoms with Crippen molar-refractivity contribution in [3.63, 3.8) is 0 Å². The molecule has 6 rings (SSSR count). The van der Waals surface area contributed by atoms with Gasteiger partial charge in [0, 0.05) is 0 Å². The number of hydrogen-bond donors (Lipinski definition) is 2. The van der Waals surface area contributed by atoms with E-state index in [0.29, 0.717) is 0 Å². The van der Waals surface area contributed by atoms with Crippen molar-refractivity contribution in [1.82, 2.24) is 0 Å². The SMILES string of the molecule is C1=CCC2=[As](S[As]3=C4CC=CC=C4Nc4ccccc43)c3ccccc3NC2=C1. The van der Waals surface area contributed by atoms with Crippen LogP contribution in [-0.2, 0) is 0 Å². The van der Waals surface area contributed by atoms with Gasteiger partial charge in [-0.2, -0.15) is 0 Å². The minimum atomic E-state index is -1.43. The first kappa shape index (κ1) is 18.0. The Hall–Kier alpha value is -1.79. The Labute approximate surface area is 182 Å². The number of rotatable bonds is 2. The van der Waals surface area contributed by atoms with Gasteiger partial charge < -0.3 is 0 Å². The second-order valence-electron chi connectivity index (χ2n) is 7.27. The van der Waals surface area contributed by atoms with E-state index in [1.165, 1.54) is 22.8 Å². The number of hydrogen-bond acceptors (Lipinski definition) is 3. The summed E-state index contributed by atoms with van der Waals surface area (Å²) in [6, 6.07) is 18.0. The normalized spacial score (nSPS) is 21.1. The van der Waals surface area contributed by atoms with Gasteiger partial charge in [0.2, 0.25) is 0 Å². The Balaban J connectivity index is 1.55. The van der Waals surface area contributed by atoms with Crippen LogP contribution < -0.4 is 19.3 Å². The van der Waals surface area contributed by atoms with Gasteiger partial charge in [0.1, 0.15) is 0 Å². The molecule has 2 heterocycles. The molecule has 2 aromatic rings. The molecule has 2 atom stereocenters. The maximum absolute atomic E-state index is 3.71. The second-order valence-corrected chi connectivity index (χ2v) is 24.4. The van der Waals surface area contributed by atoms with Crippen molar-refractivity contribution < 1.29 is 0 Å². The van der Waals surface area contributed by atoms with Crippen molar-refractivity contribution in [2.75, 3.05) is 10.6 Å². The molecule has 5 heteroatoms. The van der Waals surface area contributed by atoms with E-state index in [1.807, 2.05) is 0 Å². The molecule has 0 bridgehead atoms. The van der Waals surface area contributed by atoms with E-state index in [9.17, 15) is 0 Å². The Morgan fingerprint density at radius 1 is 0.655 bits per heavy atom. The zero-order valence-corrected chi connectivity index (χ0v) is 20.4. The Bertz CT molecular complexity index is 1140. The summed E-state index contributed by atoms with van der Waals surface area (Å²) in [6.07, 6.45) is 15.8. The molecule has 0 saturated carbocycles. The quantitative estimate of drug-likeness (QED) is 0.595. The average molecular weight is 518 g/mol. The molecule has 2 aliphatic heterocycles. The van der Waals surface area contributed by atoms with Gasteiger partial charge >= 0.3 is 183 Å². The summed E-state index contributed by atoms with van der Waals surface area (Å²) < 4.78 is 6.50. The number of nitrogens with one attached hydrogen (secondary N) is 2. The van der Waals surface area contributed by atoms with E-state index in [1.54, 1.807) is 17.3 Å². The molecular weight excluding hydrogens is 498 g/mol. The van der Waals surface area contributed by atoms with E-state index in [0.717, 1.165) is 12.8 Å². The fourth-order valence-electron chi connectivity index (χ4n) is 4.07. The topological polar surface area (TPSA) is 24.1 Å². The van der Waals surface area contributed by atoms with Gasteiger partial charge in [0.15, 0.2) is 0 Å². The molecule has 0 saturated heterocycles. The van der Waals surface area contributed by atoms with Crippen molar-refractivity contribution in [3.05, 3.63) is 96.4 Å². The van der Waals surface area contributed by atoms with Crippen molar-refractivity contribution in [3.8, 4) is 0 Å². The van der Waals surface area contributed by atoms with Crippen molar-refractivity contribution in [2.45, 2.75) is 12.8 Å². The van der Waals surface area contributed by atoms with Gasteiger partial charge in [0.25, 0.3) is 0 Å². The number of anilines is 2. The van der Waals surface area contributed by atoms with Crippen LogP contribution >= 0.6 is 8.29 Å².